The van der Waals surface area contributed by atoms with E-state index in [0.717, 1.165) is 12.1 Å². The number of halogens is 4. The zero-order valence-electron chi connectivity index (χ0n) is 8.57. The van der Waals surface area contributed by atoms with Gasteiger partial charge in [-0.25, -0.2) is 0 Å². The maximum Gasteiger partial charge on any atom is 0.416 e. The van der Waals surface area contributed by atoms with Crippen LogP contribution in [-0.4, -0.2) is 6.61 Å². The van der Waals surface area contributed by atoms with Crippen LogP contribution in [0.2, 0.25) is 5.02 Å². The molecule has 0 aliphatic carbocycles. The van der Waals surface area contributed by atoms with Crippen LogP contribution < -0.4 is 4.74 Å². The highest BCUT2D eigenvalue weighted by Crippen LogP contribution is 2.36. The van der Waals surface area contributed by atoms with Gasteiger partial charge in [-0.1, -0.05) is 24.3 Å². The molecule has 0 unspecified atom stereocenters. The van der Waals surface area contributed by atoms with Crippen molar-refractivity contribution < 1.29 is 17.9 Å². The molecular weight excluding hydrogens is 241 g/mol. The first-order valence-electron chi connectivity index (χ1n) is 4.47. The van der Waals surface area contributed by atoms with Crippen LogP contribution in [0.15, 0.2) is 24.8 Å². The summed E-state index contributed by atoms with van der Waals surface area (Å²) in [5, 5.41) is 0.0360. The molecule has 88 valence electrons. The molecule has 5 heteroatoms. The summed E-state index contributed by atoms with van der Waals surface area (Å²) in [7, 11) is 0. The van der Waals surface area contributed by atoms with E-state index in [1.54, 1.807) is 6.92 Å². The van der Waals surface area contributed by atoms with Crippen LogP contribution in [0, 0.1) is 6.92 Å². The SMILES string of the molecule is C=CCOc1cc(C(F)(F)F)cc(Cl)c1C. The van der Waals surface area contributed by atoms with Gasteiger partial charge in [0.2, 0.25) is 0 Å². The summed E-state index contributed by atoms with van der Waals surface area (Å²) in [6.07, 6.45) is -2.97. The molecule has 0 radical (unpaired) electrons. The van der Waals surface area contributed by atoms with Gasteiger partial charge in [-0.2, -0.15) is 13.2 Å². The molecule has 1 nitrogen and oxygen atoms in total. The van der Waals surface area contributed by atoms with Gasteiger partial charge in [0.15, 0.2) is 0 Å². The Bertz CT molecular complexity index is 399. The first-order chi connectivity index (χ1) is 7.36. The Balaban J connectivity index is 3.16. The lowest BCUT2D eigenvalue weighted by Gasteiger charge is -2.13. The predicted molar refractivity (Wildman–Crippen MR) is 56.9 cm³/mol. The normalized spacial score (nSPS) is 11.3. The molecule has 1 rings (SSSR count). The standard InChI is InChI=1S/C11H10ClF3O/c1-3-4-16-10-6-8(11(13,14)15)5-9(12)7(10)2/h3,5-6H,1,4H2,2H3. The molecule has 0 amide bonds. The lowest BCUT2D eigenvalue weighted by Crippen LogP contribution is -2.06. The Labute approximate surface area is 96.5 Å². The molecule has 1 aromatic carbocycles. The minimum absolute atomic E-state index is 0.0360. The molecule has 0 N–H and O–H groups in total. The van der Waals surface area contributed by atoms with Crippen molar-refractivity contribution in [2.24, 2.45) is 0 Å². The highest BCUT2D eigenvalue weighted by molar-refractivity contribution is 6.31. The van der Waals surface area contributed by atoms with E-state index in [9.17, 15) is 13.2 Å². The molecule has 16 heavy (non-hydrogen) atoms. The predicted octanol–water partition coefficient (Wildman–Crippen LogP) is 4.23. The van der Waals surface area contributed by atoms with Gasteiger partial charge in [-0.05, 0) is 19.1 Å². The van der Waals surface area contributed by atoms with Crippen LogP contribution in [0.1, 0.15) is 11.1 Å². The van der Waals surface area contributed by atoms with E-state index in [1.807, 2.05) is 0 Å². The Morgan fingerprint density at radius 1 is 1.44 bits per heavy atom. The molecule has 0 atom stereocenters. The molecule has 0 aliphatic heterocycles. The van der Waals surface area contributed by atoms with Gasteiger partial charge in [0.1, 0.15) is 12.4 Å². The third-order valence-electron chi connectivity index (χ3n) is 1.98. The number of hydrogen-bond acceptors (Lipinski definition) is 1. The number of hydrogen-bond donors (Lipinski definition) is 0. The van der Waals surface area contributed by atoms with Gasteiger partial charge in [0.25, 0.3) is 0 Å². The van der Waals surface area contributed by atoms with Crippen molar-refractivity contribution in [1.29, 1.82) is 0 Å². The van der Waals surface area contributed by atoms with Crippen LogP contribution >= 0.6 is 11.6 Å². The smallest absolute Gasteiger partial charge is 0.416 e. The number of benzene rings is 1. The van der Waals surface area contributed by atoms with E-state index in [2.05, 4.69) is 6.58 Å². The van der Waals surface area contributed by atoms with Crippen molar-refractivity contribution in [3.63, 3.8) is 0 Å². The summed E-state index contributed by atoms with van der Waals surface area (Å²) in [5.74, 6) is 0.125. The summed E-state index contributed by atoms with van der Waals surface area (Å²) < 4.78 is 42.5. The molecule has 0 saturated heterocycles. The fraction of sp³-hybridized carbons (Fsp3) is 0.273. The number of rotatable bonds is 3. The average Bonchev–Trinajstić information content (AvgIpc) is 2.18. The second kappa shape index (κ2) is 4.78. The molecule has 0 aliphatic rings. The van der Waals surface area contributed by atoms with E-state index in [-0.39, 0.29) is 17.4 Å². The molecule has 0 spiro atoms. The molecule has 0 heterocycles. The quantitative estimate of drug-likeness (QED) is 0.730. The fourth-order valence-corrected chi connectivity index (χ4v) is 1.33. The van der Waals surface area contributed by atoms with Gasteiger partial charge in [-0.15, -0.1) is 0 Å². The largest absolute Gasteiger partial charge is 0.489 e. The zero-order chi connectivity index (χ0) is 12.3. The Kier molecular flexibility index (Phi) is 3.86. The van der Waals surface area contributed by atoms with Gasteiger partial charge in [0, 0.05) is 10.6 Å². The average molecular weight is 251 g/mol. The third kappa shape index (κ3) is 2.92. The van der Waals surface area contributed by atoms with Gasteiger partial charge in [-0.3, -0.25) is 0 Å². The number of ether oxygens (including phenoxy) is 1. The van der Waals surface area contributed by atoms with Crippen molar-refractivity contribution in [2.45, 2.75) is 13.1 Å². The molecule has 0 saturated carbocycles. The van der Waals surface area contributed by atoms with Crippen LogP contribution in [0.4, 0.5) is 13.2 Å². The highest BCUT2D eigenvalue weighted by Gasteiger charge is 2.32. The van der Waals surface area contributed by atoms with Crippen molar-refractivity contribution in [3.8, 4) is 5.75 Å². The van der Waals surface area contributed by atoms with Crippen LogP contribution in [0.25, 0.3) is 0 Å². The summed E-state index contributed by atoms with van der Waals surface area (Å²) in [6, 6.07) is 1.82. The van der Waals surface area contributed by atoms with Crippen LogP contribution in [0.3, 0.4) is 0 Å². The van der Waals surface area contributed by atoms with Crippen molar-refractivity contribution in [3.05, 3.63) is 40.9 Å². The Hall–Kier alpha value is -1.16. The zero-order valence-corrected chi connectivity index (χ0v) is 9.32. The van der Waals surface area contributed by atoms with E-state index >= 15 is 0 Å². The minimum Gasteiger partial charge on any atom is -0.489 e. The fourth-order valence-electron chi connectivity index (χ4n) is 1.12. The molecule has 0 aromatic heterocycles. The van der Waals surface area contributed by atoms with Crippen LogP contribution in [-0.2, 0) is 6.18 Å². The lowest BCUT2D eigenvalue weighted by atomic mass is 10.1. The van der Waals surface area contributed by atoms with Crippen molar-refractivity contribution in [2.75, 3.05) is 6.61 Å². The Morgan fingerprint density at radius 2 is 2.06 bits per heavy atom. The van der Waals surface area contributed by atoms with E-state index in [0.29, 0.717) is 5.56 Å². The second-order valence-electron chi connectivity index (χ2n) is 3.18. The highest BCUT2D eigenvalue weighted by atomic mass is 35.5. The second-order valence-corrected chi connectivity index (χ2v) is 3.59. The summed E-state index contributed by atoms with van der Waals surface area (Å²) in [4.78, 5) is 0. The summed E-state index contributed by atoms with van der Waals surface area (Å²) in [5.41, 5.74) is -0.335. The topological polar surface area (TPSA) is 9.23 Å². The van der Waals surface area contributed by atoms with E-state index in [4.69, 9.17) is 16.3 Å². The van der Waals surface area contributed by atoms with E-state index < -0.39 is 11.7 Å². The molecule has 1 aromatic rings. The monoisotopic (exact) mass is 250 g/mol. The van der Waals surface area contributed by atoms with Gasteiger partial charge >= 0.3 is 6.18 Å². The molecule has 0 bridgehead atoms. The minimum atomic E-state index is -4.43. The van der Waals surface area contributed by atoms with Gasteiger partial charge < -0.3 is 4.74 Å². The summed E-state index contributed by atoms with van der Waals surface area (Å²) in [6.45, 7) is 5.15. The number of alkyl halides is 3. The first-order valence-corrected chi connectivity index (χ1v) is 4.85. The lowest BCUT2D eigenvalue weighted by molar-refractivity contribution is -0.137. The molecule has 0 fully saturated rings. The van der Waals surface area contributed by atoms with Crippen molar-refractivity contribution >= 4 is 11.6 Å². The maximum absolute atomic E-state index is 12.5. The maximum atomic E-state index is 12.5. The Morgan fingerprint density at radius 3 is 2.56 bits per heavy atom. The molecular formula is C11H10ClF3O. The van der Waals surface area contributed by atoms with E-state index in [1.165, 1.54) is 6.08 Å². The van der Waals surface area contributed by atoms with Crippen LogP contribution in [0.5, 0.6) is 5.75 Å². The van der Waals surface area contributed by atoms with Crippen molar-refractivity contribution in [1.82, 2.24) is 0 Å². The van der Waals surface area contributed by atoms with Gasteiger partial charge in [0.05, 0.1) is 5.56 Å². The third-order valence-corrected chi connectivity index (χ3v) is 2.37. The summed E-state index contributed by atoms with van der Waals surface area (Å²) >= 11 is 5.70. The first kappa shape index (κ1) is 12.9.